The van der Waals surface area contributed by atoms with Crippen LogP contribution in [0.15, 0.2) is 18.2 Å². The maximum Gasteiger partial charge on any atom is 0.258 e. The van der Waals surface area contributed by atoms with Gasteiger partial charge in [0.05, 0.1) is 18.8 Å². The second kappa shape index (κ2) is 12.6. The molecule has 0 radical (unpaired) electrons. The highest BCUT2D eigenvalue weighted by atomic mass is 28.4. The van der Waals surface area contributed by atoms with Gasteiger partial charge in [0.2, 0.25) is 8.32 Å². The van der Waals surface area contributed by atoms with Crippen molar-refractivity contribution in [3.05, 3.63) is 23.8 Å². The fourth-order valence-corrected chi connectivity index (χ4v) is 22.7. The summed E-state index contributed by atoms with van der Waals surface area (Å²) in [5.74, 6) is 2.64. The van der Waals surface area contributed by atoms with E-state index in [2.05, 4.69) is 129 Å². The number of hydrogen-bond donors (Lipinski definition) is 1. The largest absolute Gasteiger partial charge is 0.543 e. The predicted octanol–water partition coefficient (Wildman–Crippen LogP) is 11.3. The molecule has 1 aliphatic heterocycles. The molecule has 1 unspecified atom stereocenters. The van der Waals surface area contributed by atoms with Crippen molar-refractivity contribution in [1.29, 1.82) is 0 Å². The SMILES string of the molecule is CC(C)[Si](Oc1ccc2c(c1)[C@]1(C)C(O[Si](C(C)C)(C(C)C)C(C)C)C[C@H]3C(C)(C)[C@@H](O)CC[C@]3(C)[C@@H]1CO2)(C(C)C)C(C)C. The molecule has 258 valence electrons. The zero-order valence-electron chi connectivity index (χ0n) is 32.0. The quantitative estimate of drug-likeness (QED) is 0.254. The molecule has 6 atom stereocenters. The van der Waals surface area contributed by atoms with Gasteiger partial charge in [0.1, 0.15) is 11.5 Å². The van der Waals surface area contributed by atoms with Crippen LogP contribution >= 0.6 is 0 Å². The minimum Gasteiger partial charge on any atom is -0.543 e. The van der Waals surface area contributed by atoms with Crippen LogP contribution in [0.2, 0.25) is 33.2 Å². The van der Waals surface area contributed by atoms with E-state index in [1.807, 2.05) is 0 Å². The third kappa shape index (κ3) is 5.52. The number of ether oxygens (including phenoxy) is 1. The van der Waals surface area contributed by atoms with Crippen LogP contribution < -0.4 is 9.16 Å². The molecule has 0 aromatic heterocycles. The van der Waals surface area contributed by atoms with Gasteiger partial charge >= 0.3 is 0 Å². The normalized spacial score (nSPS) is 31.8. The first-order valence-electron chi connectivity index (χ1n) is 18.5. The molecule has 0 amide bonds. The Labute approximate surface area is 280 Å². The molecule has 1 N–H and O–H groups in total. The smallest absolute Gasteiger partial charge is 0.258 e. The van der Waals surface area contributed by atoms with Crippen LogP contribution in [-0.4, -0.2) is 40.6 Å². The fraction of sp³-hybridized carbons (Fsp3) is 0.846. The molecule has 1 heterocycles. The summed E-state index contributed by atoms with van der Waals surface area (Å²) in [5.41, 5.74) is 3.92. The van der Waals surface area contributed by atoms with Crippen LogP contribution in [0.1, 0.15) is 136 Å². The van der Waals surface area contributed by atoms with Gasteiger partial charge in [-0.2, -0.15) is 0 Å². The Balaban J connectivity index is 1.95. The van der Waals surface area contributed by atoms with Crippen LogP contribution in [-0.2, 0) is 9.84 Å². The molecule has 0 bridgehead atoms. The van der Waals surface area contributed by atoms with Gasteiger partial charge in [-0.15, -0.1) is 0 Å². The number of aliphatic hydroxyl groups excluding tert-OH is 1. The lowest BCUT2D eigenvalue weighted by molar-refractivity contribution is -0.194. The molecule has 3 aliphatic rings. The summed E-state index contributed by atoms with van der Waals surface area (Å²) in [4.78, 5) is 0. The van der Waals surface area contributed by atoms with E-state index in [4.69, 9.17) is 13.6 Å². The minimum atomic E-state index is -2.23. The molecule has 4 rings (SSSR count). The van der Waals surface area contributed by atoms with E-state index in [0.29, 0.717) is 45.8 Å². The van der Waals surface area contributed by atoms with Gasteiger partial charge in [-0.1, -0.05) is 111 Å². The maximum absolute atomic E-state index is 11.4. The van der Waals surface area contributed by atoms with Crippen molar-refractivity contribution in [2.24, 2.45) is 22.7 Å². The van der Waals surface area contributed by atoms with Crippen molar-refractivity contribution in [3.8, 4) is 11.5 Å². The number of benzene rings is 1. The van der Waals surface area contributed by atoms with Crippen molar-refractivity contribution in [3.63, 3.8) is 0 Å². The lowest BCUT2D eigenvalue weighted by Gasteiger charge is -2.67. The summed E-state index contributed by atoms with van der Waals surface area (Å²) in [5, 5.41) is 11.4. The highest BCUT2D eigenvalue weighted by Crippen LogP contribution is 2.67. The summed E-state index contributed by atoms with van der Waals surface area (Å²) in [6, 6.07) is 6.75. The first-order valence-corrected chi connectivity index (χ1v) is 22.7. The molecular formula is C39H70O4Si2. The summed E-state index contributed by atoms with van der Waals surface area (Å²) in [6.07, 6.45) is 2.60. The van der Waals surface area contributed by atoms with Gasteiger partial charge in [-0.05, 0) is 87.5 Å². The summed E-state index contributed by atoms with van der Waals surface area (Å²) in [6.45, 7) is 39.0. The van der Waals surface area contributed by atoms with Gasteiger partial charge in [0, 0.05) is 16.9 Å². The molecule has 6 heteroatoms. The van der Waals surface area contributed by atoms with Crippen LogP contribution in [0.3, 0.4) is 0 Å². The van der Waals surface area contributed by atoms with Crippen molar-refractivity contribution in [1.82, 2.24) is 0 Å². The Morgan fingerprint density at radius 1 is 0.756 bits per heavy atom. The number of aliphatic hydroxyl groups is 1. The molecular weight excluding hydrogens is 589 g/mol. The van der Waals surface area contributed by atoms with Crippen molar-refractivity contribution >= 4 is 16.6 Å². The maximum atomic E-state index is 11.4. The van der Waals surface area contributed by atoms with Gasteiger partial charge in [-0.25, -0.2) is 0 Å². The monoisotopic (exact) mass is 658 g/mol. The summed E-state index contributed by atoms with van der Waals surface area (Å²) >= 11 is 0. The first-order chi connectivity index (χ1) is 20.6. The molecule has 45 heavy (non-hydrogen) atoms. The van der Waals surface area contributed by atoms with Gasteiger partial charge in [0.15, 0.2) is 0 Å². The number of hydrogen-bond acceptors (Lipinski definition) is 4. The molecule has 1 aromatic rings. The topological polar surface area (TPSA) is 47.9 Å². The second-order valence-corrected chi connectivity index (χ2v) is 29.1. The summed E-state index contributed by atoms with van der Waals surface area (Å²) in [7, 11) is -4.37. The lowest BCUT2D eigenvalue weighted by atomic mass is 9.41. The molecule has 2 saturated carbocycles. The van der Waals surface area contributed by atoms with E-state index >= 15 is 0 Å². The van der Waals surface area contributed by atoms with Gasteiger partial charge < -0.3 is 18.7 Å². The Bertz CT molecular complexity index is 1150. The van der Waals surface area contributed by atoms with Crippen molar-refractivity contribution in [2.45, 2.75) is 181 Å². The molecule has 2 fully saturated rings. The standard InChI is InChI=1S/C39H70O4Si2/c1-24(2)44(25(3)4,26(5)6)42-30-17-18-32-31(21-30)39(16)34(23-41-32)38(15)20-19-35(40)37(13,14)33(38)22-36(39)43-45(27(7)8,28(9)10)29(11)12/h17-18,21,24-29,33-36,40H,19-20,22-23H2,1-16H3/t33-,34-,35-,36?,38-,39-/m0/s1. The van der Waals surface area contributed by atoms with Crippen LogP contribution in [0.25, 0.3) is 0 Å². The Morgan fingerprint density at radius 2 is 1.27 bits per heavy atom. The van der Waals surface area contributed by atoms with E-state index in [0.717, 1.165) is 30.8 Å². The molecule has 0 spiro atoms. The van der Waals surface area contributed by atoms with Crippen LogP contribution in [0.5, 0.6) is 11.5 Å². The van der Waals surface area contributed by atoms with Gasteiger partial charge in [-0.3, -0.25) is 0 Å². The highest BCUT2D eigenvalue weighted by Gasteiger charge is 2.67. The first kappa shape index (κ1) is 37.0. The Kier molecular flexibility index (Phi) is 10.3. The third-order valence-corrected chi connectivity index (χ3v) is 26.3. The third-order valence-electron chi connectivity index (χ3n) is 14.1. The molecule has 1 aromatic carbocycles. The highest BCUT2D eigenvalue weighted by molar-refractivity contribution is 6.78. The lowest BCUT2D eigenvalue weighted by Crippen LogP contribution is -2.68. The van der Waals surface area contributed by atoms with E-state index in [-0.39, 0.29) is 34.4 Å². The zero-order valence-corrected chi connectivity index (χ0v) is 34.0. The van der Waals surface area contributed by atoms with Gasteiger partial charge in [0.25, 0.3) is 8.32 Å². The fourth-order valence-electron chi connectivity index (χ4n) is 11.8. The van der Waals surface area contributed by atoms with E-state index < -0.39 is 16.6 Å². The van der Waals surface area contributed by atoms with Crippen molar-refractivity contribution < 1.29 is 18.7 Å². The Morgan fingerprint density at radius 3 is 1.76 bits per heavy atom. The second-order valence-electron chi connectivity index (χ2n) is 18.3. The average molecular weight is 659 g/mol. The van der Waals surface area contributed by atoms with E-state index in [1.165, 1.54) is 5.56 Å². The summed E-state index contributed by atoms with van der Waals surface area (Å²) < 4.78 is 22.0. The molecule has 0 saturated heterocycles. The van der Waals surface area contributed by atoms with Crippen LogP contribution in [0.4, 0.5) is 0 Å². The molecule has 2 aliphatic carbocycles. The predicted molar refractivity (Wildman–Crippen MR) is 196 cm³/mol. The molecule has 4 nitrogen and oxygen atoms in total. The number of rotatable bonds is 10. The van der Waals surface area contributed by atoms with Crippen molar-refractivity contribution in [2.75, 3.05) is 6.61 Å². The minimum absolute atomic E-state index is 0.0376. The van der Waals surface area contributed by atoms with Crippen LogP contribution in [0, 0.1) is 22.7 Å². The average Bonchev–Trinajstić information content (AvgIpc) is 2.92. The Hall–Kier alpha value is -0.826. The number of fused-ring (bicyclic) bond motifs is 5. The van der Waals surface area contributed by atoms with E-state index in [9.17, 15) is 5.11 Å². The van der Waals surface area contributed by atoms with E-state index in [1.54, 1.807) is 0 Å². The zero-order chi connectivity index (χ0) is 34.1.